The zero-order valence-electron chi connectivity index (χ0n) is 15.2. The first kappa shape index (κ1) is 18.1. The first-order valence-corrected chi connectivity index (χ1v) is 10.4. The maximum atomic E-state index is 13.1. The van der Waals surface area contributed by atoms with Gasteiger partial charge in [-0.2, -0.15) is 0 Å². The van der Waals surface area contributed by atoms with Crippen LogP contribution in [-0.2, 0) is 12.8 Å². The SMILES string of the molecule is NCC(NC(=O)c1c(NC(=O)c2cccnc2)sc2c1CCCC2)C1CC1. The summed E-state index contributed by atoms with van der Waals surface area (Å²) in [5.41, 5.74) is 8.06. The van der Waals surface area contributed by atoms with E-state index in [1.807, 2.05) is 0 Å². The van der Waals surface area contributed by atoms with E-state index < -0.39 is 0 Å². The van der Waals surface area contributed by atoms with Crippen molar-refractivity contribution in [2.45, 2.75) is 44.6 Å². The summed E-state index contributed by atoms with van der Waals surface area (Å²) in [5, 5.41) is 6.70. The lowest BCUT2D eigenvalue weighted by Crippen LogP contribution is -2.42. The number of nitrogens with one attached hydrogen (secondary N) is 2. The van der Waals surface area contributed by atoms with Crippen LogP contribution in [0, 0.1) is 5.92 Å². The molecule has 2 aliphatic carbocycles. The molecule has 1 saturated carbocycles. The number of anilines is 1. The van der Waals surface area contributed by atoms with Crippen molar-refractivity contribution in [2.24, 2.45) is 11.7 Å². The van der Waals surface area contributed by atoms with Gasteiger partial charge in [-0.15, -0.1) is 11.3 Å². The van der Waals surface area contributed by atoms with Crippen LogP contribution < -0.4 is 16.4 Å². The van der Waals surface area contributed by atoms with E-state index in [1.165, 1.54) is 22.4 Å². The van der Waals surface area contributed by atoms with Gasteiger partial charge >= 0.3 is 0 Å². The number of thiophene rings is 1. The molecule has 2 heterocycles. The zero-order chi connectivity index (χ0) is 18.8. The van der Waals surface area contributed by atoms with E-state index in [4.69, 9.17) is 5.73 Å². The maximum Gasteiger partial charge on any atom is 0.257 e. The third-order valence-corrected chi connectivity index (χ3v) is 6.52. The number of carbonyl (C=O) groups excluding carboxylic acids is 2. The van der Waals surface area contributed by atoms with Crippen LogP contribution in [0.15, 0.2) is 24.5 Å². The van der Waals surface area contributed by atoms with Crippen molar-refractivity contribution >= 4 is 28.2 Å². The highest BCUT2D eigenvalue weighted by atomic mass is 32.1. The molecule has 1 atom stereocenters. The van der Waals surface area contributed by atoms with Gasteiger partial charge in [0.05, 0.1) is 11.1 Å². The van der Waals surface area contributed by atoms with Crippen molar-refractivity contribution in [1.82, 2.24) is 10.3 Å². The number of amides is 2. The van der Waals surface area contributed by atoms with Crippen LogP contribution in [0.25, 0.3) is 0 Å². The van der Waals surface area contributed by atoms with Gasteiger partial charge in [-0.3, -0.25) is 14.6 Å². The van der Waals surface area contributed by atoms with Crippen LogP contribution >= 0.6 is 11.3 Å². The average molecular weight is 385 g/mol. The predicted molar refractivity (Wildman–Crippen MR) is 106 cm³/mol. The first-order valence-electron chi connectivity index (χ1n) is 9.54. The molecular weight excluding hydrogens is 360 g/mol. The maximum absolute atomic E-state index is 13.1. The van der Waals surface area contributed by atoms with Crippen molar-refractivity contribution in [3.05, 3.63) is 46.1 Å². The van der Waals surface area contributed by atoms with Crippen molar-refractivity contribution in [3.8, 4) is 0 Å². The van der Waals surface area contributed by atoms with Gasteiger partial charge in [0, 0.05) is 29.9 Å². The Balaban J connectivity index is 1.61. The van der Waals surface area contributed by atoms with Gasteiger partial charge in [0.2, 0.25) is 0 Å². The molecular formula is C20H24N4O2S. The third-order valence-electron chi connectivity index (χ3n) is 5.31. The number of hydrogen-bond donors (Lipinski definition) is 3. The Morgan fingerprint density at radius 3 is 2.78 bits per heavy atom. The molecule has 1 fully saturated rings. The van der Waals surface area contributed by atoms with Gasteiger partial charge in [-0.25, -0.2) is 0 Å². The van der Waals surface area contributed by atoms with Crippen LogP contribution in [0.2, 0.25) is 0 Å². The highest BCUT2D eigenvalue weighted by molar-refractivity contribution is 7.17. The quantitative estimate of drug-likeness (QED) is 0.713. The second-order valence-electron chi connectivity index (χ2n) is 7.26. The average Bonchev–Trinajstić information content (AvgIpc) is 3.47. The van der Waals surface area contributed by atoms with Crippen LogP contribution in [-0.4, -0.2) is 29.4 Å². The molecule has 0 saturated heterocycles. The molecule has 7 heteroatoms. The van der Waals surface area contributed by atoms with E-state index >= 15 is 0 Å². The highest BCUT2D eigenvalue weighted by Gasteiger charge is 2.33. The summed E-state index contributed by atoms with van der Waals surface area (Å²) in [7, 11) is 0. The van der Waals surface area contributed by atoms with Gasteiger partial charge in [-0.1, -0.05) is 0 Å². The number of nitrogens with zero attached hydrogens (tertiary/aromatic N) is 1. The van der Waals surface area contributed by atoms with Gasteiger partial charge in [0.1, 0.15) is 5.00 Å². The van der Waals surface area contributed by atoms with Gasteiger partial charge in [-0.05, 0) is 62.1 Å². The molecule has 1 unspecified atom stereocenters. The molecule has 0 aromatic carbocycles. The van der Waals surface area contributed by atoms with Crippen LogP contribution in [0.5, 0.6) is 0 Å². The van der Waals surface area contributed by atoms with E-state index in [1.54, 1.807) is 18.3 Å². The molecule has 142 valence electrons. The third kappa shape index (κ3) is 3.89. The van der Waals surface area contributed by atoms with Crippen LogP contribution in [0.1, 0.15) is 56.8 Å². The molecule has 4 rings (SSSR count). The largest absolute Gasteiger partial charge is 0.348 e. The number of aryl methyl sites for hydroxylation is 1. The summed E-state index contributed by atoms with van der Waals surface area (Å²) < 4.78 is 0. The Labute approximate surface area is 162 Å². The Kier molecular flexibility index (Phi) is 5.22. The van der Waals surface area contributed by atoms with Crippen LogP contribution in [0.3, 0.4) is 0 Å². The molecule has 0 bridgehead atoms. The number of carbonyl (C=O) groups is 2. The smallest absolute Gasteiger partial charge is 0.257 e. The van der Waals surface area contributed by atoms with Crippen molar-refractivity contribution in [1.29, 1.82) is 0 Å². The molecule has 0 spiro atoms. The molecule has 6 nitrogen and oxygen atoms in total. The lowest BCUT2D eigenvalue weighted by molar-refractivity contribution is 0.0933. The summed E-state index contributed by atoms with van der Waals surface area (Å²) >= 11 is 1.53. The van der Waals surface area contributed by atoms with E-state index in [0.717, 1.165) is 44.1 Å². The van der Waals surface area contributed by atoms with E-state index in [0.29, 0.717) is 28.6 Å². The minimum Gasteiger partial charge on any atom is -0.348 e. The van der Waals surface area contributed by atoms with Crippen molar-refractivity contribution in [2.75, 3.05) is 11.9 Å². The van der Waals surface area contributed by atoms with Crippen molar-refractivity contribution < 1.29 is 9.59 Å². The lowest BCUT2D eigenvalue weighted by Gasteiger charge is -2.18. The fourth-order valence-electron chi connectivity index (χ4n) is 3.67. The van der Waals surface area contributed by atoms with Gasteiger partial charge in [0.15, 0.2) is 0 Å². The molecule has 2 aromatic rings. The summed E-state index contributed by atoms with van der Waals surface area (Å²) in [4.78, 5) is 30.9. The van der Waals surface area contributed by atoms with E-state index in [9.17, 15) is 9.59 Å². The Bertz CT molecular complexity index is 845. The highest BCUT2D eigenvalue weighted by Crippen LogP contribution is 2.39. The monoisotopic (exact) mass is 384 g/mol. The fraction of sp³-hybridized carbons (Fsp3) is 0.450. The lowest BCUT2D eigenvalue weighted by atomic mass is 9.95. The summed E-state index contributed by atoms with van der Waals surface area (Å²) in [5.74, 6) is 0.133. The number of aromatic nitrogens is 1. The number of hydrogen-bond acceptors (Lipinski definition) is 5. The second kappa shape index (κ2) is 7.78. The standard InChI is InChI=1S/C20H24N4O2S/c21-10-15(12-7-8-12)23-19(26)17-14-5-1-2-6-16(14)27-20(17)24-18(25)13-4-3-9-22-11-13/h3-4,9,11-12,15H,1-2,5-8,10,21H2,(H,23,26)(H,24,25). The fourth-order valence-corrected chi connectivity index (χ4v) is 4.96. The van der Waals surface area contributed by atoms with Gasteiger partial charge in [0.25, 0.3) is 11.8 Å². The van der Waals surface area contributed by atoms with E-state index in [-0.39, 0.29) is 17.9 Å². The number of rotatable bonds is 6. The number of fused-ring (bicyclic) bond motifs is 1. The number of pyridine rings is 1. The Morgan fingerprint density at radius 2 is 2.07 bits per heavy atom. The summed E-state index contributed by atoms with van der Waals surface area (Å²) in [6.07, 6.45) is 9.44. The Hall–Kier alpha value is -2.25. The molecule has 2 aliphatic rings. The minimum absolute atomic E-state index is 0.0125. The second-order valence-corrected chi connectivity index (χ2v) is 8.37. The molecule has 2 aromatic heterocycles. The predicted octanol–water partition coefficient (Wildman–Crippen LogP) is 2.74. The minimum atomic E-state index is -0.242. The normalized spacial score (nSPS) is 17.1. The van der Waals surface area contributed by atoms with E-state index in [2.05, 4.69) is 15.6 Å². The van der Waals surface area contributed by atoms with Crippen LogP contribution in [0.4, 0.5) is 5.00 Å². The topological polar surface area (TPSA) is 97.1 Å². The molecule has 0 radical (unpaired) electrons. The number of nitrogens with two attached hydrogens (primary N) is 1. The molecule has 2 amide bonds. The molecule has 4 N–H and O–H groups in total. The zero-order valence-corrected chi connectivity index (χ0v) is 16.0. The summed E-state index contributed by atoms with van der Waals surface area (Å²) in [6, 6.07) is 3.45. The summed E-state index contributed by atoms with van der Waals surface area (Å²) in [6.45, 7) is 0.445. The molecule has 27 heavy (non-hydrogen) atoms. The van der Waals surface area contributed by atoms with Gasteiger partial charge < -0.3 is 16.4 Å². The molecule has 0 aliphatic heterocycles. The van der Waals surface area contributed by atoms with Crippen molar-refractivity contribution in [3.63, 3.8) is 0 Å². The first-order chi connectivity index (χ1) is 13.2. The Morgan fingerprint density at radius 1 is 1.26 bits per heavy atom.